The largest absolute Gasteiger partial charge is 0.365 e. The summed E-state index contributed by atoms with van der Waals surface area (Å²) < 4.78 is 1.88. The molecule has 1 saturated carbocycles. The van der Waals surface area contributed by atoms with Gasteiger partial charge in [-0.1, -0.05) is 50.4 Å². The first-order chi connectivity index (χ1) is 12.6. The molecule has 0 unspecified atom stereocenters. The number of aromatic nitrogens is 3. The molecule has 1 fully saturated rings. The minimum absolute atomic E-state index is 0.388. The number of imidazole rings is 1. The Hall–Kier alpha value is -2.45. The van der Waals surface area contributed by atoms with Crippen LogP contribution in [0, 0.1) is 23.2 Å². The molecular weight excluding hydrogens is 346 g/mol. The normalized spacial score (nSPS) is 23.1. The van der Waals surface area contributed by atoms with Gasteiger partial charge in [0.15, 0.2) is 11.5 Å². The molecule has 2 aromatic heterocycles. The molecule has 3 atom stereocenters. The van der Waals surface area contributed by atoms with Crippen LogP contribution in [0.5, 0.6) is 0 Å². The van der Waals surface area contributed by atoms with Gasteiger partial charge in [-0.15, -0.1) is 0 Å². The van der Waals surface area contributed by atoms with E-state index in [9.17, 15) is 5.26 Å². The third-order valence-electron chi connectivity index (χ3n) is 5.72. The summed E-state index contributed by atoms with van der Waals surface area (Å²) >= 11 is 6.04. The van der Waals surface area contributed by atoms with Crippen molar-refractivity contribution in [2.75, 3.05) is 5.32 Å². The van der Waals surface area contributed by atoms with Crippen LogP contribution in [0.1, 0.15) is 38.7 Å². The second-order valence-electron chi connectivity index (χ2n) is 7.29. The third kappa shape index (κ3) is 2.85. The molecule has 0 radical (unpaired) electrons. The molecule has 6 heteroatoms. The lowest BCUT2D eigenvalue weighted by molar-refractivity contribution is 0.252. The molecule has 0 aliphatic heterocycles. The van der Waals surface area contributed by atoms with Crippen LogP contribution < -0.4 is 5.32 Å². The fraction of sp³-hybridized carbons (Fsp3) is 0.400. The first-order valence-corrected chi connectivity index (χ1v) is 9.48. The summed E-state index contributed by atoms with van der Waals surface area (Å²) in [5.74, 6) is 2.19. The molecule has 0 amide bonds. The highest BCUT2D eigenvalue weighted by atomic mass is 35.5. The number of nitrogens with one attached hydrogen (secondary N) is 2. The molecule has 4 rings (SSSR count). The van der Waals surface area contributed by atoms with Gasteiger partial charge in [0.1, 0.15) is 17.3 Å². The number of aromatic amines is 1. The fourth-order valence-corrected chi connectivity index (χ4v) is 4.03. The first-order valence-electron chi connectivity index (χ1n) is 9.11. The second-order valence-corrected chi connectivity index (χ2v) is 7.73. The van der Waals surface area contributed by atoms with Crippen molar-refractivity contribution in [3.05, 3.63) is 41.0 Å². The highest BCUT2D eigenvalue weighted by Gasteiger charge is 2.29. The number of anilines is 1. The van der Waals surface area contributed by atoms with Crippen molar-refractivity contribution in [3.8, 4) is 17.3 Å². The Kier molecular flexibility index (Phi) is 4.37. The number of nitriles is 1. The topological polar surface area (TPSA) is 68.9 Å². The van der Waals surface area contributed by atoms with Gasteiger partial charge in [-0.05, 0) is 30.4 Å². The Morgan fingerprint density at radius 1 is 1.27 bits per heavy atom. The van der Waals surface area contributed by atoms with Gasteiger partial charge in [-0.3, -0.25) is 5.10 Å². The summed E-state index contributed by atoms with van der Waals surface area (Å²) in [6.07, 6.45) is 5.36. The molecule has 134 valence electrons. The number of rotatable bonds is 3. The predicted molar refractivity (Wildman–Crippen MR) is 104 cm³/mol. The van der Waals surface area contributed by atoms with Crippen molar-refractivity contribution >= 4 is 23.1 Å². The van der Waals surface area contributed by atoms with Crippen LogP contribution in [-0.4, -0.2) is 20.6 Å². The SMILES string of the molecule is C[C@@H]1[C@H](C)CCC[C@@H]1Nc1c(-c2ccc(Cl)cc2)nc2c(C#N)c[nH]n12. The van der Waals surface area contributed by atoms with Crippen LogP contribution in [0.3, 0.4) is 0 Å². The van der Waals surface area contributed by atoms with E-state index in [1.165, 1.54) is 12.8 Å². The Balaban J connectivity index is 1.80. The number of nitrogens with zero attached hydrogens (tertiary/aromatic N) is 3. The molecule has 3 aromatic rings. The standard InChI is InChI=1S/C20H22ClN5/c1-12-4-3-5-17(13(12)2)24-20-18(14-6-8-16(21)9-7-14)25-19-15(10-22)11-23-26(19)20/h6-9,11-13,17,23-24H,3-5H2,1-2H3/t12-,13-,17+/m1/s1. The predicted octanol–water partition coefficient (Wildman–Crippen LogP) is 5.09. The van der Waals surface area contributed by atoms with E-state index in [0.29, 0.717) is 34.1 Å². The first kappa shape index (κ1) is 17.0. The van der Waals surface area contributed by atoms with Crippen molar-refractivity contribution in [1.29, 1.82) is 5.26 Å². The van der Waals surface area contributed by atoms with Crippen LogP contribution in [-0.2, 0) is 0 Å². The summed E-state index contributed by atoms with van der Waals surface area (Å²) in [4.78, 5) is 4.76. The lowest BCUT2D eigenvalue weighted by Gasteiger charge is -2.35. The fourth-order valence-electron chi connectivity index (χ4n) is 3.91. The number of H-pyrrole nitrogens is 1. The summed E-state index contributed by atoms with van der Waals surface area (Å²) in [7, 11) is 0. The van der Waals surface area contributed by atoms with E-state index in [2.05, 4.69) is 30.3 Å². The maximum Gasteiger partial charge on any atom is 0.173 e. The van der Waals surface area contributed by atoms with Crippen molar-refractivity contribution in [3.63, 3.8) is 0 Å². The van der Waals surface area contributed by atoms with Crippen molar-refractivity contribution in [2.45, 2.75) is 39.2 Å². The molecule has 0 saturated heterocycles. The van der Waals surface area contributed by atoms with Crippen molar-refractivity contribution in [1.82, 2.24) is 14.6 Å². The van der Waals surface area contributed by atoms with E-state index >= 15 is 0 Å². The monoisotopic (exact) mass is 367 g/mol. The highest BCUT2D eigenvalue weighted by Crippen LogP contribution is 2.35. The Bertz CT molecular complexity index is 963. The van der Waals surface area contributed by atoms with E-state index in [1.807, 2.05) is 28.8 Å². The number of hydrogen-bond acceptors (Lipinski definition) is 3. The minimum atomic E-state index is 0.388. The van der Waals surface area contributed by atoms with Crippen LogP contribution in [0.15, 0.2) is 30.5 Å². The zero-order chi connectivity index (χ0) is 18.3. The molecule has 2 heterocycles. The highest BCUT2D eigenvalue weighted by molar-refractivity contribution is 6.30. The Morgan fingerprint density at radius 3 is 2.77 bits per heavy atom. The van der Waals surface area contributed by atoms with Crippen LogP contribution in [0.25, 0.3) is 16.9 Å². The lowest BCUT2D eigenvalue weighted by Crippen LogP contribution is -2.35. The van der Waals surface area contributed by atoms with Gasteiger partial charge in [0.05, 0.1) is 0 Å². The van der Waals surface area contributed by atoms with Gasteiger partial charge in [0.2, 0.25) is 0 Å². The number of benzene rings is 1. The molecule has 5 nitrogen and oxygen atoms in total. The van der Waals surface area contributed by atoms with Crippen molar-refractivity contribution < 1.29 is 0 Å². The number of fused-ring (bicyclic) bond motifs is 1. The van der Waals surface area contributed by atoms with Gasteiger partial charge >= 0.3 is 0 Å². The molecule has 1 aromatic carbocycles. The van der Waals surface area contributed by atoms with Crippen LogP contribution in [0.2, 0.25) is 5.02 Å². The molecular formula is C20H22ClN5. The zero-order valence-electron chi connectivity index (χ0n) is 15.0. The Morgan fingerprint density at radius 2 is 2.04 bits per heavy atom. The van der Waals surface area contributed by atoms with E-state index in [0.717, 1.165) is 23.5 Å². The van der Waals surface area contributed by atoms with E-state index in [-0.39, 0.29) is 0 Å². The summed E-state index contributed by atoms with van der Waals surface area (Å²) in [6.45, 7) is 4.64. The van der Waals surface area contributed by atoms with Gasteiger partial charge < -0.3 is 5.32 Å². The minimum Gasteiger partial charge on any atom is -0.365 e. The molecule has 1 aliphatic rings. The van der Waals surface area contributed by atoms with Gasteiger partial charge in [-0.25, -0.2) is 9.50 Å². The van der Waals surface area contributed by atoms with Gasteiger partial charge in [0.25, 0.3) is 0 Å². The molecule has 2 N–H and O–H groups in total. The van der Waals surface area contributed by atoms with E-state index < -0.39 is 0 Å². The maximum atomic E-state index is 9.37. The zero-order valence-corrected chi connectivity index (χ0v) is 15.7. The average Bonchev–Trinajstić information content (AvgIpc) is 3.19. The second kappa shape index (κ2) is 6.69. The average molecular weight is 368 g/mol. The van der Waals surface area contributed by atoms with Gasteiger partial charge in [-0.2, -0.15) is 5.26 Å². The summed E-state index contributed by atoms with van der Waals surface area (Å²) in [5.41, 5.74) is 3.01. The molecule has 0 bridgehead atoms. The third-order valence-corrected chi connectivity index (χ3v) is 5.98. The smallest absolute Gasteiger partial charge is 0.173 e. The quantitative estimate of drug-likeness (QED) is 0.677. The summed E-state index contributed by atoms with van der Waals surface area (Å²) in [6, 6.07) is 10.3. The summed E-state index contributed by atoms with van der Waals surface area (Å²) in [5, 5.41) is 17.0. The lowest BCUT2D eigenvalue weighted by atomic mass is 9.78. The molecule has 1 aliphatic carbocycles. The molecule has 26 heavy (non-hydrogen) atoms. The number of hydrogen-bond donors (Lipinski definition) is 2. The Labute approximate surface area is 158 Å². The van der Waals surface area contributed by atoms with Crippen LogP contribution in [0.4, 0.5) is 5.82 Å². The maximum absolute atomic E-state index is 9.37. The van der Waals surface area contributed by atoms with E-state index in [1.54, 1.807) is 6.20 Å². The van der Waals surface area contributed by atoms with Crippen LogP contribution >= 0.6 is 11.6 Å². The van der Waals surface area contributed by atoms with Gasteiger partial charge in [0, 0.05) is 22.8 Å². The van der Waals surface area contributed by atoms with Crippen molar-refractivity contribution in [2.24, 2.45) is 11.8 Å². The van der Waals surface area contributed by atoms with E-state index in [4.69, 9.17) is 16.6 Å². The number of halogens is 1. The molecule has 0 spiro atoms.